The number of benzene rings is 2. The summed E-state index contributed by atoms with van der Waals surface area (Å²) in [6.45, 7) is 0.587. The van der Waals surface area contributed by atoms with E-state index in [1.807, 2.05) is 43.3 Å². The number of hydrogen-bond acceptors (Lipinski definition) is 3. The molecule has 0 saturated heterocycles. The number of rotatable bonds is 7. The van der Waals surface area contributed by atoms with Crippen molar-refractivity contribution in [3.63, 3.8) is 0 Å². The molecule has 128 valence electrons. The summed E-state index contributed by atoms with van der Waals surface area (Å²) < 4.78 is 12.8. The van der Waals surface area contributed by atoms with E-state index in [-0.39, 0.29) is 11.8 Å². The maximum absolute atomic E-state index is 12.8. The Labute approximate surface area is 146 Å². The lowest BCUT2D eigenvalue weighted by Gasteiger charge is -2.17. The summed E-state index contributed by atoms with van der Waals surface area (Å²) >= 11 is 1.65. The first-order chi connectivity index (χ1) is 11.6. The predicted molar refractivity (Wildman–Crippen MR) is 99.5 cm³/mol. The molecule has 0 heterocycles. The van der Waals surface area contributed by atoms with Crippen molar-refractivity contribution in [3.05, 3.63) is 54.3 Å². The van der Waals surface area contributed by atoms with Crippen molar-refractivity contribution in [2.24, 2.45) is 0 Å². The smallest absolute Gasteiger partial charge is 0.319 e. The summed E-state index contributed by atoms with van der Waals surface area (Å²) in [4.78, 5) is 15.0. The maximum Gasteiger partial charge on any atom is 0.319 e. The van der Waals surface area contributed by atoms with Crippen LogP contribution < -0.4 is 15.5 Å². The van der Waals surface area contributed by atoms with Gasteiger partial charge >= 0.3 is 6.03 Å². The monoisotopic (exact) mass is 347 g/mol. The van der Waals surface area contributed by atoms with Crippen LogP contribution in [0.15, 0.2) is 53.4 Å². The fourth-order valence-corrected chi connectivity index (χ4v) is 2.98. The van der Waals surface area contributed by atoms with Gasteiger partial charge in [0.25, 0.3) is 0 Å². The summed E-state index contributed by atoms with van der Waals surface area (Å²) in [5.74, 6) is 0.635. The van der Waals surface area contributed by atoms with Gasteiger partial charge in [-0.2, -0.15) is 0 Å². The van der Waals surface area contributed by atoms with Gasteiger partial charge in [0.2, 0.25) is 0 Å². The first-order valence-electron chi connectivity index (χ1n) is 7.76. The summed E-state index contributed by atoms with van der Waals surface area (Å²) in [5, 5.41) is 5.72. The first-order valence-corrected chi connectivity index (χ1v) is 8.74. The molecule has 6 heteroatoms. The molecule has 2 rings (SSSR count). The van der Waals surface area contributed by atoms with Crippen molar-refractivity contribution in [1.29, 1.82) is 0 Å². The van der Waals surface area contributed by atoms with Crippen LogP contribution in [-0.4, -0.2) is 32.4 Å². The van der Waals surface area contributed by atoms with Gasteiger partial charge in [0.1, 0.15) is 5.82 Å². The van der Waals surface area contributed by atoms with Crippen LogP contribution in [0.25, 0.3) is 0 Å². The third-order valence-corrected chi connectivity index (χ3v) is 4.42. The van der Waals surface area contributed by atoms with Crippen LogP contribution in [0.1, 0.15) is 6.42 Å². The quantitative estimate of drug-likeness (QED) is 0.583. The number of thioether (sulfide) groups is 1. The van der Waals surface area contributed by atoms with Crippen LogP contribution in [0.3, 0.4) is 0 Å². The molecule has 0 radical (unpaired) electrons. The molecule has 2 aromatic rings. The van der Waals surface area contributed by atoms with Gasteiger partial charge in [0.15, 0.2) is 0 Å². The average Bonchev–Trinajstić information content (AvgIpc) is 2.56. The van der Waals surface area contributed by atoms with Crippen molar-refractivity contribution in [2.45, 2.75) is 11.3 Å². The first kappa shape index (κ1) is 18.1. The highest BCUT2D eigenvalue weighted by Crippen LogP contribution is 2.23. The van der Waals surface area contributed by atoms with Crippen molar-refractivity contribution in [2.75, 3.05) is 36.6 Å². The van der Waals surface area contributed by atoms with Gasteiger partial charge in [-0.1, -0.05) is 12.1 Å². The lowest BCUT2D eigenvalue weighted by molar-refractivity contribution is 0.252. The molecular formula is C18H22FN3OS. The van der Waals surface area contributed by atoms with Crippen LogP contribution in [0, 0.1) is 5.82 Å². The van der Waals surface area contributed by atoms with E-state index in [2.05, 4.69) is 10.6 Å². The van der Waals surface area contributed by atoms with E-state index in [9.17, 15) is 9.18 Å². The van der Waals surface area contributed by atoms with Gasteiger partial charge in [-0.25, -0.2) is 9.18 Å². The maximum atomic E-state index is 12.8. The number of para-hydroxylation sites is 2. The number of amides is 2. The van der Waals surface area contributed by atoms with Crippen LogP contribution in [0.5, 0.6) is 0 Å². The van der Waals surface area contributed by atoms with E-state index in [0.29, 0.717) is 6.54 Å². The third kappa shape index (κ3) is 5.77. The number of halogens is 1. The Morgan fingerprint density at radius 3 is 2.54 bits per heavy atom. The SMILES string of the molecule is CN(C)c1ccccc1NC(=O)NCCCSc1ccc(F)cc1. The Bertz CT molecular complexity index is 662. The molecule has 0 atom stereocenters. The largest absolute Gasteiger partial charge is 0.376 e. The molecule has 0 aliphatic carbocycles. The highest BCUT2D eigenvalue weighted by molar-refractivity contribution is 7.99. The van der Waals surface area contributed by atoms with Crippen LogP contribution in [-0.2, 0) is 0 Å². The molecule has 0 spiro atoms. The Hall–Kier alpha value is -2.21. The minimum Gasteiger partial charge on any atom is -0.376 e. The predicted octanol–water partition coefficient (Wildman–Crippen LogP) is 4.20. The van der Waals surface area contributed by atoms with Gasteiger partial charge in [-0.3, -0.25) is 0 Å². The van der Waals surface area contributed by atoms with Gasteiger partial charge in [0.05, 0.1) is 11.4 Å². The normalized spacial score (nSPS) is 10.3. The zero-order chi connectivity index (χ0) is 17.4. The van der Waals surface area contributed by atoms with Crippen molar-refractivity contribution in [1.82, 2.24) is 5.32 Å². The van der Waals surface area contributed by atoms with E-state index in [4.69, 9.17) is 0 Å². The number of nitrogens with one attached hydrogen (secondary N) is 2. The van der Waals surface area contributed by atoms with Gasteiger partial charge in [-0.15, -0.1) is 11.8 Å². The Morgan fingerprint density at radius 1 is 1.12 bits per heavy atom. The number of urea groups is 1. The number of hydrogen-bond donors (Lipinski definition) is 2. The summed E-state index contributed by atoms with van der Waals surface area (Å²) in [7, 11) is 3.87. The molecule has 2 aromatic carbocycles. The number of nitrogens with zero attached hydrogens (tertiary/aromatic N) is 1. The fraction of sp³-hybridized carbons (Fsp3) is 0.278. The highest BCUT2D eigenvalue weighted by Gasteiger charge is 2.07. The molecule has 0 unspecified atom stereocenters. The highest BCUT2D eigenvalue weighted by atomic mass is 32.2. The van der Waals surface area contributed by atoms with E-state index in [0.717, 1.165) is 28.4 Å². The molecule has 0 saturated carbocycles. The minimum absolute atomic E-state index is 0.212. The molecule has 0 aliphatic heterocycles. The van der Waals surface area contributed by atoms with Crippen LogP contribution >= 0.6 is 11.8 Å². The van der Waals surface area contributed by atoms with E-state index in [1.165, 1.54) is 12.1 Å². The third-order valence-electron chi connectivity index (χ3n) is 3.32. The number of anilines is 2. The topological polar surface area (TPSA) is 44.4 Å². The zero-order valence-electron chi connectivity index (χ0n) is 13.9. The molecule has 0 bridgehead atoms. The summed E-state index contributed by atoms with van der Waals surface area (Å²) in [6.07, 6.45) is 0.838. The minimum atomic E-state index is -0.226. The van der Waals surface area contributed by atoms with Crippen molar-refractivity contribution >= 4 is 29.2 Å². The second-order valence-electron chi connectivity index (χ2n) is 5.45. The van der Waals surface area contributed by atoms with Crippen LogP contribution in [0.2, 0.25) is 0 Å². The number of carbonyl (C=O) groups is 1. The van der Waals surface area contributed by atoms with Gasteiger partial charge < -0.3 is 15.5 Å². The molecule has 2 N–H and O–H groups in total. The van der Waals surface area contributed by atoms with E-state index < -0.39 is 0 Å². The second-order valence-corrected chi connectivity index (χ2v) is 6.62. The summed E-state index contributed by atoms with van der Waals surface area (Å²) in [6, 6.07) is 13.9. The molecule has 4 nitrogen and oxygen atoms in total. The van der Waals surface area contributed by atoms with Crippen molar-refractivity contribution in [3.8, 4) is 0 Å². The summed E-state index contributed by atoms with van der Waals surface area (Å²) in [5.41, 5.74) is 1.74. The Kier molecular flexibility index (Phi) is 6.93. The molecular weight excluding hydrogens is 325 g/mol. The van der Waals surface area contributed by atoms with Gasteiger partial charge in [-0.05, 0) is 48.6 Å². The standard InChI is InChI=1S/C18H22FN3OS/c1-22(2)17-7-4-3-6-16(17)21-18(23)20-12-5-13-24-15-10-8-14(19)9-11-15/h3-4,6-11H,5,12-13H2,1-2H3,(H2,20,21,23). The lowest BCUT2D eigenvalue weighted by Crippen LogP contribution is -2.30. The average molecular weight is 347 g/mol. The van der Waals surface area contributed by atoms with Gasteiger partial charge in [0, 0.05) is 25.5 Å². The Morgan fingerprint density at radius 2 is 1.83 bits per heavy atom. The van der Waals surface area contributed by atoms with E-state index >= 15 is 0 Å². The molecule has 24 heavy (non-hydrogen) atoms. The molecule has 0 fully saturated rings. The fourth-order valence-electron chi connectivity index (χ4n) is 2.13. The molecule has 0 aliphatic rings. The lowest BCUT2D eigenvalue weighted by atomic mass is 10.2. The molecule has 2 amide bonds. The zero-order valence-corrected chi connectivity index (χ0v) is 14.7. The second kappa shape index (κ2) is 9.17. The van der Waals surface area contributed by atoms with E-state index in [1.54, 1.807) is 23.9 Å². The molecule has 0 aromatic heterocycles. The van der Waals surface area contributed by atoms with Crippen molar-refractivity contribution < 1.29 is 9.18 Å². The number of carbonyl (C=O) groups excluding carboxylic acids is 1. The van der Waals surface area contributed by atoms with Crippen LogP contribution in [0.4, 0.5) is 20.6 Å². The Balaban J connectivity index is 1.69.